The number of nitrogens with one attached hydrogen (secondary N) is 1. The molecule has 350 valence electrons. The average molecular weight is 883 g/mol. The highest BCUT2D eigenvalue weighted by Gasteiger charge is 2.46. The van der Waals surface area contributed by atoms with Crippen molar-refractivity contribution in [3.05, 3.63) is 71.8 Å². The van der Waals surface area contributed by atoms with Crippen molar-refractivity contribution in [1.29, 1.82) is 0 Å². The topological polar surface area (TPSA) is 172 Å². The minimum atomic E-state index is -1.41. The fraction of sp³-hybridized carbons (Fsp3) is 0.625. The summed E-state index contributed by atoms with van der Waals surface area (Å²) >= 11 is 0. The first-order valence-corrected chi connectivity index (χ1v) is 22.1. The van der Waals surface area contributed by atoms with Crippen LogP contribution in [0.1, 0.15) is 85.3 Å². The highest BCUT2D eigenvalue weighted by molar-refractivity contribution is 5.92. The number of rotatable bonds is 24. The molecule has 1 heterocycles. The van der Waals surface area contributed by atoms with Crippen LogP contribution in [0.5, 0.6) is 0 Å². The summed E-state index contributed by atoms with van der Waals surface area (Å²) < 4.78 is 32.6. The number of carbonyl (C=O) groups is 6. The number of amides is 4. The van der Waals surface area contributed by atoms with E-state index in [2.05, 4.69) is 5.32 Å². The maximum atomic E-state index is 15.3. The number of carbonyl (C=O) groups excluding carboxylic acids is 5. The summed E-state index contributed by atoms with van der Waals surface area (Å²) in [5.74, 6) is -5.33. The minimum absolute atomic E-state index is 0.0433. The molecule has 2 aromatic carbocycles. The van der Waals surface area contributed by atoms with Gasteiger partial charge in [-0.25, -0.2) is 14.0 Å². The zero-order valence-corrected chi connectivity index (χ0v) is 39.0. The van der Waals surface area contributed by atoms with Crippen LogP contribution >= 0.6 is 0 Å². The molecular formula is C48H71FN4O10. The van der Waals surface area contributed by atoms with Crippen LogP contribution < -0.4 is 5.32 Å². The molecule has 0 bridgehead atoms. The molecule has 10 atom stereocenters. The van der Waals surface area contributed by atoms with Crippen LogP contribution in [-0.4, -0.2) is 133 Å². The van der Waals surface area contributed by atoms with E-state index in [4.69, 9.17) is 14.2 Å². The number of halogens is 1. The van der Waals surface area contributed by atoms with Crippen molar-refractivity contribution in [1.82, 2.24) is 20.0 Å². The molecule has 0 spiro atoms. The van der Waals surface area contributed by atoms with Gasteiger partial charge in [-0.3, -0.25) is 19.2 Å². The molecule has 1 aliphatic heterocycles. The Morgan fingerprint density at radius 3 is 1.94 bits per heavy atom. The van der Waals surface area contributed by atoms with E-state index in [0.29, 0.717) is 6.42 Å². The molecule has 0 aromatic heterocycles. The number of hydrogen-bond donors (Lipinski definition) is 2. The Bertz CT molecular complexity index is 1800. The normalized spacial score (nSPS) is 19.0. The molecule has 2 aromatic rings. The van der Waals surface area contributed by atoms with Crippen molar-refractivity contribution < 1.29 is 52.5 Å². The molecular weight excluding hydrogens is 812 g/mol. The van der Waals surface area contributed by atoms with Gasteiger partial charge in [-0.1, -0.05) is 116 Å². The van der Waals surface area contributed by atoms with E-state index < -0.39 is 78.3 Å². The number of nitrogens with zero attached hydrogens (tertiary/aromatic N) is 3. The Labute approximate surface area is 373 Å². The second kappa shape index (κ2) is 24.8. The van der Waals surface area contributed by atoms with Crippen molar-refractivity contribution in [2.24, 2.45) is 29.6 Å². The smallest absolute Gasteiger partial charge is 0.410 e. The Hall–Kier alpha value is -4.89. The number of Topliss-reactive ketones (excluding diaryl/α,β-unsaturated/α-hetero) is 1. The molecule has 1 aliphatic rings. The molecule has 0 radical (unpaired) electrons. The van der Waals surface area contributed by atoms with Gasteiger partial charge in [-0.05, 0) is 28.9 Å². The van der Waals surface area contributed by atoms with Crippen molar-refractivity contribution in [2.45, 2.75) is 130 Å². The maximum Gasteiger partial charge on any atom is 0.410 e. The SMILES string of the molecule is CC[C@H](C)[C@@H]([C@@H](CC(=O)N1C[C@@H](F)C[C@H]1[C@H](OC)[C@@H](C)C(=O)N[C@@H](Cc1ccccc1)C(=O)O)OC)N(C)C(=O)[C@@H](CC(=O)[C@H](C(C)C)N(C)C(=O)OCc1ccccc1)C(C)C. The monoisotopic (exact) mass is 883 g/mol. The van der Waals surface area contributed by atoms with Gasteiger partial charge in [0, 0.05) is 53.5 Å². The summed E-state index contributed by atoms with van der Waals surface area (Å²) in [7, 11) is 5.98. The Kier molecular flexibility index (Phi) is 20.7. The lowest BCUT2D eigenvalue weighted by Crippen LogP contribution is -2.55. The molecule has 1 saturated heterocycles. The van der Waals surface area contributed by atoms with Gasteiger partial charge in [0.1, 0.15) is 18.8 Å². The second-order valence-corrected chi connectivity index (χ2v) is 17.7. The molecule has 0 unspecified atom stereocenters. The van der Waals surface area contributed by atoms with Crippen molar-refractivity contribution in [3.63, 3.8) is 0 Å². The molecule has 1 fully saturated rings. The fourth-order valence-corrected chi connectivity index (χ4v) is 8.80. The Morgan fingerprint density at radius 2 is 1.43 bits per heavy atom. The number of ether oxygens (including phenoxy) is 3. The van der Waals surface area contributed by atoms with Crippen LogP contribution in [0, 0.1) is 29.6 Å². The standard InChI is InChI=1S/C48H71FN4O10/c1-12-31(6)43(51(8)46(57)36(29(2)3)25-39(54)42(30(4)5)52(9)48(60)63-28-34-21-17-14-18-22-34)40(61-10)26-41(55)53-27-35(49)24-38(53)44(62-11)32(7)45(56)50-37(47(58)59)23-33-19-15-13-16-20-33/h13-22,29-32,35-38,40,42-44H,12,23-28H2,1-11H3,(H,50,56)(H,58,59)/t31-,32+,35-,36-,37-,38-,40+,42-,43-,44+/m0/s1. The molecule has 0 aliphatic carbocycles. The summed E-state index contributed by atoms with van der Waals surface area (Å²) in [6.45, 7) is 12.7. The molecule has 63 heavy (non-hydrogen) atoms. The maximum absolute atomic E-state index is 15.3. The lowest BCUT2D eigenvalue weighted by atomic mass is 9.83. The van der Waals surface area contributed by atoms with Gasteiger partial charge in [-0.2, -0.15) is 0 Å². The predicted octanol–water partition coefficient (Wildman–Crippen LogP) is 6.19. The van der Waals surface area contributed by atoms with Gasteiger partial charge in [0.05, 0.1) is 49.2 Å². The number of ketones is 1. The third kappa shape index (κ3) is 14.3. The average Bonchev–Trinajstić information content (AvgIpc) is 3.64. The zero-order valence-electron chi connectivity index (χ0n) is 39.0. The highest BCUT2D eigenvalue weighted by atomic mass is 19.1. The summed E-state index contributed by atoms with van der Waals surface area (Å²) in [5.41, 5.74) is 1.53. The van der Waals surface area contributed by atoms with Crippen LogP contribution in [0.2, 0.25) is 0 Å². The third-order valence-corrected chi connectivity index (χ3v) is 12.6. The summed E-state index contributed by atoms with van der Waals surface area (Å²) in [4.78, 5) is 86.0. The van der Waals surface area contributed by atoms with Gasteiger partial charge >= 0.3 is 12.1 Å². The quantitative estimate of drug-likeness (QED) is 0.124. The van der Waals surface area contributed by atoms with Crippen LogP contribution in [0.15, 0.2) is 60.7 Å². The number of aliphatic carboxylic acids is 1. The largest absolute Gasteiger partial charge is 0.480 e. The number of carboxylic acids is 1. The van der Waals surface area contributed by atoms with Crippen molar-refractivity contribution >= 4 is 35.6 Å². The Balaban J connectivity index is 1.79. The number of likely N-dealkylation sites (tertiary alicyclic amines) is 1. The van der Waals surface area contributed by atoms with Gasteiger partial charge in [0.15, 0.2) is 5.78 Å². The van der Waals surface area contributed by atoms with E-state index in [-0.39, 0.29) is 68.3 Å². The highest BCUT2D eigenvalue weighted by Crippen LogP contribution is 2.32. The van der Waals surface area contributed by atoms with E-state index in [1.54, 1.807) is 49.2 Å². The molecule has 3 rings (SSSR count). The van der Waals surface area contributed by atoms with Gasteiger partial charge in [0.25, 0.3) is 0 Å². The summed E-state index contributed by atoms with van der Waals surface area (Å²) in [5, 5.41) is 12.5. The van der Waals surface area contributed by atoms with E-state index in [9.17, 15) is 33.9 Å². The first-order chi connectivity index (χ1) is 29.8. The number of alkyl halides is 1. The van der Waals surface area contributed by atoms with Crippen molar-refractivity contribution in [2.75, 3.05) is 34.9 Å². The third-order valence-electron chi connectivity index (χ3n) is 12.6. The first-order valence-electron chi connectivity index (χ1n) is 22.1. The van der Waals surface area contributed by atoms with Gasteiger partial charge in [0.2, 0.25) is 17.7 Å². The lowest BCUT2D eigenvalue weighted by molar-refractivity contribution is -0.149. The van der Waals surface area contributed by atoms with Crippen LogP contribution in [0.4, 0.5) is 9.18 Å². The van der Waals surface area contributed by atoms with E-state index in [1.807, 2.05) is 71.9 Å². The van der Waals surface area contributed by atoms with Crippen LogP contribution in [0.3, 0.4) is 0 Å². The van der Waals surface area contributed by atoms with Gasteiger partial charge in [-0.15, -0.1) is 0 Å². The zero-order chi connectivity index (χ0) is 47.1. The summed E-state index contributed by atoms with van der Waals surface area (Å²) in [6, 6.07) is 14.5. The van der Waals surface area contributed by atoms with E-state index in [0.717, 1.165) is 11.1 Å². The Morgan fingerprint density at radius 1 is 0.841 bits per heavy atom. The number of methoxy groups -OCH3 is 2. The predicted molar refractivity (Wildman–Crippen MR) is 237 cm³/mol. The second-order valence-electron chi connectivity index (χ2n) is 17.7. The van der Waals surface area contributed by atoms with Crippen LogP contribution in [-0.2, 0) is 51.2 Å². The molecule has 14 nitrogen and oxygen atoms in total. The van der Waals surface area contributed by atoms with Crippen molar-refractivity contribution in [3.8, 4) is 0 Å². The molecule has 0 saturated carbocycles. The minimum Gasteiger partial charge on any atom is -0.480 e. The van der Waals surface area contributed by atoms with E-state index in [1.165, 1.54) is 31.1 Å². The molecule has 4 amide bonds. The summed E-state index contributed by atoms with van der Waals surface area (Å²) in [6.07, 6.45) is -3.66. The lowest BCUT2D eigenvalue weighted by Gasteiger charge is -2.41. The number of hydrogen-bond acceptors (Lipinski definition) is 9. The number of likely N-dealkylation sites (N-methyl/N-ethyl adjacent to an activating group) is 2. The molecule has 2 N–H and O–H groups in total. The fourth-order valence-electron chi connectivity index (χ4n) is 8.80. The van der Waals surface area contributed by atoms with Gasteiger partial charge < -0.3 is 39.3 Å². The number of carboxylic acid groups (broad SMARTS) is 1. The van der Waals surface area contributed by atoms with Crippen LogP contribution in [0.25, 0.3) is 0 Å². The van der Waals surface area contributed by atoms with E-state index >= 15 is 4.39 Å². The first kappa shape index (κ1) is 52.5. The number of benzene rings is 2. The molecule has 15 heteroatoms.